The first kappa shape index (κ1) is 19.3. The number of hydrogen-bond acceptors (Lipinski definition) is 5. The van der Waals surface area contributed by atoms with Crippen molar-refractivity contribution in [1.82, 2.24) is 5.32 Å². The fourth-order valence-corrected chi connectivity index (χ4v) is 3.19. The Morgan fingerprint density at radius 1 is 1.15 bits per heavy atom. The first-order chi connectivity index (χ1) is 13.1. The van der Waals surface area contributed by atoms with Gasteiger partial charge in [-0.05, 0) is 57.2 Å². The number of nitrogens with one attached hydrogen (secondary N) is 1. The van der Waals surface area contributed by atoms with E-state index in [9.17, 15) is 9.59 Å². The Labute approximate surface area is 159 Å². The molecule has 3 rings (SSSR count). The monoisotopic (exact) mass is 373 g/mol. The lowest BCUT2D eigenvalue weighted by atomic mass is 9.97. The third kappa shape index (κ3) is 5.49. The topological polar surface area (TPSA) is 73.9 Å². The molecule has 1 N–H and O–H groups in total. The highest BCUT2D eigenvalue weighted by atomic mass is 16.5. The maximum Gasteiger partial charge on any atom is 0.339 e. The van der Waals surface area contributed by atoms with Gasteiger partial charge in [0.05, 0.1) is 18.8 Å². The van der Waals surface area contributed by atoms with E-state index >= 15 is 0 Å². The van der Waals surface area contributed by atoms with Gasteiger partial charge in [-0.1, -0.05) is 11.6 Å². The molecular formula is C21H27NO5. The molecular weight excluding hydrogens is 346 g/mol. The molecule has 1 atom stereocenters. The van der Waals surface area contributed by atoms with Crippen LogP contribution in [0, 0.1) is 0 Å². The summed E-state index contributed by atoms with van der Waals surface area (Å²) in [6, 6.07) is 4.92. The van der Waals surface area contributed by atoms with Crippen LogP contribution < -0.4 is 14.8 Å². The fraction of sp³-hybridized carbons (Fsp3) is 0.524. The Morgan fingerprint density at radius 3 is 2.74 bits per heavy atom. The Morgan fingerprint density at radius 2 is 1.96 bits per heavy atom. The number of amides is 1. The van der Waals surface area contributed by atoms with Gasteiger partial charge in [0, 0.05) is 13.0 Å². The van der Waals surface area contributed by atoms with Crippen LogP contribution in [-0.4, -0.2) is 37.7 Å². The minimum absolute atomic E-state index is 0.283. The summed E-state index contributed by atoms with van der Waals surface area (Å²) in [6.07, 6.45) is 7.79. The molecule has 1 aliphatic carbocycles. The van der Waals surface area contributed by atoms with Gasteiger partial charge >= 0.3 is 5.97 Å². The second kappa shape index (κ2) is 9.44. The van der Waals surface area contributed by atoms with Crippen molar-refractivity contribution >= 4 is 11.9 Å². The number of rotatable bonds is 6. The molecule has 1 aromatic rings. The van der Waals surface area contributed by atoms with E-state index in [0.717, 1.165) is 25.7 Å². The van der Waals surface area contributed by atoms with Crippen LogP contribution in [0.1, 0.15) is 55.8 Å². The molecule has 6 nitrogen and oxygen atoms in total. The Bertz CT molecular complexity index is 713. The zero-order valence-electron chi connectivity index (χ0n) is 15.8. The largest absolute Gasteiger partial charge is 0.490 e. The van der Waals surface area contributed by atoms with Gasteiger partial charge in [0.2, 0.25) is 0 Å². The molecule has 1 unspecified atom stereocenters. The number of benzene rings is 1. The van der Waals surface area contributed by atoms with E-state index in [0.29, 0.717) is 36.8 Å². The predicted molar refractivity (Wildman–Crippen MR) is 101 cm³/mol. The summed E-state index contributed by atoms with van der Waals surface area (Å²) < 4.78 is 16.4. The molecule has 0 aromatic heterocycles. The van der Waals surface area contributed by atoms with Gasteiger partial charge in [0.15, 0.2) is 17.6 Å². The van der Waals surface area contributed by atoms with Crippen molar-refractivity contribution in [2.75, 3.05) is 19.8 Å². The van der Waals surface area contributed by atoms with E-state index in [1.165, 1.54) is 18.4 Å². The van der Waals surface area contributed by atoms with Crippen LogP contribution in [0.3, 0.4) is 0 Å². The van der Waals surface area contributed by atoms with E-state index in [4.69, 9.17) is 14.2 Å². The minimum atomic E-state index is -0.853. The number of carbonyl (C=O) groups is 2. The van der Waals surface area contributed by atoms with Gasteiger partial charge < -0.3 is 19.5 Å². The average Bonchev–Trinajstić information content (AvgIpc) is 2.93. The highest BCUT2D eigenvalue weighted by molar-refractivity contribution is 5.92. The molecule has 2 aliphatic rings. The van der Waals surface area contributed by atoms with Gasteiger partial charge in [-0.3, -0.25) is 4.79 Å². The summed E-state index contributed by atoms with van der Waals surface area (Å²) in [7, 11) is 0. The predicted octanol–water partition coefficient (Wildman–Crippen LogP) is 3.40. The second-order valence-corrected chi connectivity index (χ2v) is 6.91. The minimum Gasteiger partial charge on any atom is -0.490 e. The third-order valence-electron chi connectivity index (χ3n) is 4.77. The van der Waals surface area contributed by atoms with Crippen molar-refractivity contribution in [3.8, 4) is 11.5 Å². The number of allylic oxidation sites excluding steroid dienone is 1. The van der Waals surface area contributed by atoms with Crippen molar-refractivity contribution in [3.63, 3.8) is 0 Å². The molecule has 1 aliphatic heterocycles. The van der Waals surface area contributed by atoms with Crippen molar-refractivity contribution in [2.24, 2.45) is 0 Å². The van der Waals surface area contributed by atoms with Crippen LogP contribution in [0.25, 0.3) is 0 Å². The standard InChI is InChI=1S/C21H27NO5/c1-15(20(23)22-11-10-16-6-3-2-4-7-16)27-21(24)17-8-9-18-19(14-17)26-13-5-12-25-18/h6,8-9,14-15H,2-5,7,10-13H2,1H3,(H,22,23). The molecule has 0 bridgehead atoms. The summed E-state index contributed by atoms with van der Waals surface area (Å²) in [5.74, 6) is 0.309. The summed E-state index contributed by atoms with van der Waals surface area (Å²) in [5.41, 5.74) is 1.74. The summed E-state index contributed by atoms with van der Waals surface area (Å²) in [5, 5.41) is 2.84. The number of hydrogen-bond donors (Lipinski definition) is 1. The van der Waals surface area contributed by atoms with Gasteiger partial charge in [-0.25, -0.2) is 4.79 Å². The average molecular weight is 373 g/mol. The SMILES string of the molecule is CC(OC(=O)c1ccc2c(c1)OCCCO2)C(=O)NCCC1=CCCCC1. The van der Waals surface area contributed by atoms with Gasteiger partial charge in [-0.2, -0.15) is 0 Å². The van der Waals surface area contributed by atoms with E-state index in [-0.39, 0.29) is 5.91 Å². The van der Waals surface area contributed by atoms with Crippen molar-refractivity contribution in [1.29, 1.82) is 0 Å². The summed E-state index contributed by atoms with van der Waals surface area (Å²) in [6.45, 7) is 3.28. The van der Waals surface area contributed by atoms with Crippen molar-refractivity contribution < 1.29 is 23.8 Å². The van der Waals surface area contributed by atoms with E-state index in [1.54, 1.807) is 25.1 Å². The number of fused-ring (bicyclic) bond motifs is 1. The Hall–Kier alpha value is -2.50. The molecule has 1 aromatic carbocycles. The summed E-state index contributed by atoms with van der Waals surface area (Å²) >= 11 is 0. The fourth-order valence-electron chi connectivity index (χ4n) is 3.19. The van der Waals surface area contributed by atoms with Crippen LogP contribution in [0.2, 0.25) is 0 Å². The van der Waals surface area contributed by atoms with Crippen LogP contribution in [-0.2, 0) is 9.53 Å². The maximum absolute atomic E-state index is 12.3. The quantitative estimate of drug-likeness (QED) is 0.611. The highest BCUT2D eigenvalue weighted by Gasteiger charge is 2.20. The van der Waals surface area contributed by atoms with Crippen LogP contribution >= 0.6 is 0 Å². The van der Waals surface area contributed by atoms with Crippen LogP contribution in [0.15, 0.2) is 29.8 Å². The van der Waals surface area contributed by atoms with Crippen LogP contribution in [0.5, 0.6) is 11.5 Å². The molecule has 146 valence electrons. The maximum atomic E-state index is 12.3. The normalized spacial score (nSPS) is 17.3. The highest BCUT2D eigenvalue weighted by Crippen LogP contribution is 2.30. The molecule has 1 heterocycles. The lowest BCUT2D eigenvalue weighted by Gasteiger charge is -2.16. The third-order valence-corrected chi connectivity index (χ3v) is 4.77. The molecule has 0 saturated heterocycles. The van der Waals surface area contributed by atoms with Gasteiger partial charge in [0.25, 0.3) is 5.91 Å². The number of esters is 1. The Balaban J connectivity index is 1.48. The molecule has 0 spiro atoms. The molecule has 6 heteroatoms. The van der Waals surface area contributed by atoms with Crippen molar-refractivity contribution in [3.05, 3.63) is 35.4 Å². The first-order valence-electron chi connectivity index (χ1n) is 9.70. The van der Waals surface area contributed by atoms with Crippen LogP contribution in [0.4, 0.5) is 0 Å². The molecule has 0 fully saturated rings. The molecule has 27 heavy (non-hydrogen) atoms. The first-order valence-corrected chi connectivity index (χ1v) is 9.70. The zero-order valence-corrected chi connectivity index (χ0v) is 15.8. The van der Waals surface area contributed by atoms with E-state index in [1.807, 2.05) is 0 Å². The molecule has 0 saturated carbocycles. The smallest absolute Gasteiger partial charge is 0.339 e. The number of ether oxygens (including phenoxy) is 3. The van der Waals surface area contributed by atoms with Crippen molar-refractivity contribution in [2.45, 2.75) is 51.6 Å². The zero-order chi connectivity index (χ0) is 19.1. The lowest BCUT2D eigenvalue weighted by Crippen LogP contribution is -2.36. The second-order valence-electron chi connectivity index (χ2n) is 6.91. The molecule has 0 radical (unpaired) electrons. The summed E-state index contributed by atoms with van der Waals surface area (Å²) in [4.78, 5) is 24.5. The van der Waals surface area contributed by atoms with E-state index in [2.05, 4.69) is 11.4 Å². The lowest BCUT2D eigenvalue weighted by molar-refractivity contribution is -0.129. The number of carbonyl (C=O) groups excluding carboxylic acids is 2. The van der Waals surface area contributed by atoms with Gasteiger partial charge in [-0.15, -0.1) is 0 Å². The Kier molecular flexibility index (Phi) is 6.74. The van der Waals surface area contributed by atoms with E-state index < -0.39 is 12.1 Å². The molecule has 1 amide bonds. The van der Waals surface area contributed by atoms with Gasteiger partial charge in [0.1, 0.15) is 0 Å².